The van der Waals surface area contributed by atoms with Crippen molar-refractivity contribution >= 4 is 23.2 Å². The Morgan fingerprint density at radius 1 is 0.909 bits per heavy atom. The molecule has 2 nitrogen and oxygen atoms in total. The van der Waals surface area contributed by atoms with Gasteiger partial charge in [0.25, 0.3) is 0 Å². The van der Waals surface area contributed by atoms with Gasteiger partial charge in [-0.05, 0) is 50.9 Å². The predicted octanol–water partition coefficient (Wildman–Crippen LogP) is 2.93. The first-order valence-electron chi connectivity index (χ1n) is 3.57. The van der Waals surface area contributed by atoms with E-state index in [4.69, 9.17) is 32.7 Å². The number of ether oxygens (including phenoxy) is 2. The summed E-state index contributed by atoms with van der Waals surface area (Å²) in [4.78, 5) is 0. The first-order valence-corrected chi connectivity index (χ1v) is 4.32. The Labute approximate surface area is 77.8 Å². The van der Waals surface area contributed by atoms with Crippen molar-refractivity contribution in [2.24, 2.45) is 0 Å². The summed E-state index contributed by atoms with van der Waals surface area (Å²) in [6, 6.07) is 0. The molecule has 0 atom stereocenters. The maximum atomic E-state index is 5.65. The fourth-order valence-electron chi connectivity index (χ4n) is 0.577. The van der Waals surface area contributed by atoms with Crippen LogP contribution in [0.5, 0.6) is 0 Å². The predicted molar refractivity (Wildman–Crippen MR) is 46.9 cm³/mol. The summed E-state index contributed by atoms with van der Waals surface area (Å²) >= 11 is 11.3. The number of hydrogen-bond acceptors (Lipinski definition) is 2. The highest BCUT2D eigenvalue weighted by atomic mass is 35.5. The van der Waals surface area contributed by atoms with Gasteiger partial charge >= 0.3 is 4.71 Å². The summed E-state index contributed by atoms with van der Waals surface area (Å²) in [6.07, 6.45) is -0.104. The molecule has 0 aromatic carbocycles. The maximum absolute atomic E-state index is 5.65. The van der Waals surface area contributed by atoms with Gasteiger partial charge in [-0.1, -0.05) is 0 Å². The lowest BCUT2D eigenvalue weighted by molar-refractivity contribution is -0.161. The van der Waals surface area contributed by atoms with Gasteiger partial charge in [-0.3, -0.25) is 0 Å². The third-order valence-electron chi connectivity index (χ3n) is 0.746. The normalized spacial score (nSPS) is 13.1. The van der Waals surface area contributed by atoms with E-state index in [9.17, 15) is 0 Å². The molecule has 0 aliphatic heterocycles. The fraction of sp³-hybridized carbons (Fsp3) is 1.00. The number of hydrogen-bond donors (Lipinski definition) is 0. The van der Waals surface area contributed by atoms with Crippen molar-refractivity contribution in [1.82, 2.24) is 0 Å². The molecular weight excluding hydrogens is 187 g/mol. The molecule has 0 aromatic heterocycles. The van der Waals surface area contributed by atoms with E-state index in [-0.39, 0.29) is 12.2 Å². The second-order valence-corrected chi connectivity index (χ2v) is 3.99. The molecule has 0 spiro atoms. The van der Waals surface area contributed by atoms with Crippen LogP contribution in [-0.4, -0.2) is 16.9 Å². The van der Waals surface area contributed by atoms with Crippen LogP contribution in [0, 0.1) is 0 Å². The molecule has 0 fully saturated rings. The maximum Gasteiger partial charge on any atom is 0.332 e. The standard InChI is InChI=1S/C7H14Cl2O2/c1-5(2)10-7(8,9)11-6(3)4/h5-6H,1-4H3. The van der Waals surface area contributed by atoms with Crippen LogP contribution < -0.4 is 0 Å². The minimum Gasteiger partial charge on any atom is -0.322 e. The smallest absolute Gasteiger partial charge is 0.322 e. The molecule has 0 amide bonds. The van der Waals surface area contributed by atoms with Crippen LogP contribution in [0.15, 0.2) is 0 Å². The van der Waals surface area contributed by atoms with Crippen molar-refractivity contribution in [1.29, 1.82) is 0 Å². The van der Waals surface area contributed by atoms with Gasteiger partial charge in [-0.2, -0.15) is 0 Å². The summed E-state index contributed by atoms with van der Waals surface area (Å²) in [5.41, 5.74) is 0. The van der Waals surface area contributed by atoms with Crippen LogP contribution in [0.4, 0.5) is 0 Å². The lowest BCUT2D eigenvalue weighted by Gasteiger charge is -2.24. The number of alkyl halides is 2. The molecule has 11 heavy (non-hydrogen) atoms. The fourth-order valence-corrected chi connectivity index (χ4v) is 1.29. The molecule has 0 saturated carbocycles. The van der Waals surface area contributed by atoms with Gasteiger partial charge in [-0.25, -0.2) is 0 Å². The highest BCUT2D eigenvalue weighted by Gasteiger charge is 2.28. The molecule has 0 rings (SSSR count). The minimum absolute atomic E-state index is 0.0521. The largest absolute Gasteiger partial charge is 0.332 e. The molecule has 0 N–H and O–H groups in total. The van der Waals surface area contributed by atoms with Gasteiger partial charge in [0.1, 0.15) is 0 Å². The third-order valence-corrected chi connectivity index (χ3v) is 1.10. The average molecular weight is 201 g/mol. The topological polar surface area (TPSA) is 18.5 Å². The van der Waals surface area contributed by atoms with Crippen molar-refractivity contribution in [2.45, 2.75) is 44.6 Å². The highest BCUT2D eigenvalue weighted by molar-refractivity contribution is 6.46. The Morgan fingerprint density at radius 3 is 1.36 bits per heavy atom. The molecule has 0 bridgehead atoms. The Kier molecular flexibility index (Phi) is 4.71. The summed E-state index contributed by atoms with van der Waals surface area (Å²) in [5.74, 6) is 0. The molecule has 0 aliphatic rings. The van der Waals surface area contributed by atoms with Gasteiger partial charge in [-0.15, -0.1) is 0 Å². The van der Waals surface area contributed by atoms with Crippen LogP contribution >= 0.6 is 23.2 Å². The summed E-state index contributed by atoms with van der Waals surface area (Å²) in [6.45, 7) is 7.35. The zero-order valence-electron chi connectivity index (χ0n) is 7.23. The van der Waals surface area contributed by atoms with Gasteiger partial charge in [0.05, 0.1) is 12.2 Å². The van der Waals surface area contributed by atoms with E-state index in [0.29, 0.717) is 0 Å². The molecular formula is C7H14Cl2O2. The first kappa shape index (κ1) is 11.5. The zero-order valence-corrected chi connectivity index (χ0v) is 8.74. The van der Waals surface area contributed by atoms with Gasteiger partial charge in [0.2, 0.25) is 0 Å². The van der Waals surface area contributed by atoms with Crippen molar-refractivity contribution in [2.75, 3.05) is 0 Å². The second-order valence-electron chi connectivity index (χ2n) is 2.80. The first-order chi connectivity index (χ1) is 4.83. The highest BCUT2D eigenvalue weighted by Crippen LogP contribution is 2.27. The van der Waals surface area contributed by atoms with Crippen LogP contribution in [0.3, 0.4) is 0 Å². The Bertz CT molecular complexity index is 101. The molecule has 4 heteroatoms. The van der Waals surface area contributed by atoms with E-state index in [2.05, 4.69) is 0 Å². The van der Waals surface area contributed by atoms with Crippen LogP contribution in [-0.2, 0) is 9.47 Å². The monoisotopic (exact) mass is 200 g/mol. The van der Waals surface area contributed by atoms with Crippen LogP contribution in [0.25, 0.3) is 0 Å². The lowest BCUT2D eigenvalue weighted by Crippen LogP contribution is -2.28. The number of halogens is 2. The Balaban J connectivity index is 3.79. The molecule has 0 unspecified atom stereocenters. The summed E-state index contributed by atoms with van der Waals surface area (Å²) in [5, 5.41) is 0. The molecule has 0 heterocycles. The molecule has 0 aliphatic carbocycles. The molecule has 0 radical (unpaired) electrons. The van der Waals surface area contributed by atoms with E-state index in [1.807, 2.05) is 27.7 Å². The molecule has 0 aromatic rings. The van der Waals surface area contributed by atoms with Gasteiger partial charge in [0, 0.05) is 0 Å². The second kappa shape index (κ2) is 4.51. The van der Waals surface area contributed by atoms with E-state index in [1.165, 1.54) is 0 Å². The lowest BCUT2D eigenvalue weighted by atomic mass is 10.5. The van der Waals surface area contributed by atoms with E-state index >= 15 is 0 Å². The minimum atomic E-state index is -1.51. The van der Waals surface area contributed by atoms with Crippen LogP contribution in [0.1, 0.15) is 27.7 Å². The van der Waals surface area contributed by atoms with E-state index in [0.717, 1.165) is 0 Å². The third kappa shape index (κ3) is 6.88. The Morgan fingerprint density at radius 2 is 1.18 bits per heavy atom. The quantitative estimate of drug-likeness (QED) is 0.514. The average Bonchev–Trinajstić information content (AvgIpc) is 1.53. The number of rotatable bonds is 4. The summed E-state index contributed by atoms with van der Waals surface area (Å²) in [7, 11) is 0. The Hall–Kier alpha value is 0.500. The molecule has 68 valence electrons. The zero-order chi connectivity index (χ0) is 9.07. The summed E-state index contributed by atoms with van der Waals surface area (Å²) < 4.78 is 8.60. The van der Waals surface area contributed by atoms with E-state index in [1.54, 1.807) is 0 Å². The van der Waals surface area contributed by atoms with E-state index < -0.39 is 4.71 Å². The van der Waals surface area contributed by atoms with Crippen molar-refractivity contribution < 1.29 is 9.47 Å². The van der Waals surface area contributed by atoms with Crippen LogP contribution in [0.2, 0.25) is 0 Å². The van der Waals surface area contributed by atoms with Gasteiger partial charge < -0.3 is 9.47 Å². The van der Waals surface area contributed by atoms with Crippen molar-refractivity contribution in [3.63, 3.8) is 0 Å². The van der Waals surface area contributed by atoms with Crippen molar-refractivity contribution in [3.05, 3.63) is 0 Å². The van der Waals surface area contributed by atoms with Gasteiger partial charge in [0.15, 0.2) is 0 Å². The van der Waals surface area contributed by atoms with Crippen molar-refractivity contribution in [3.8, 4) is 0 Å². The SMILES string of the molecule is CC(C)OC(Cl)(Cl)OC(C)C. The molecule has 0 saturated heterocycles.